The van der Waals surface area contributed by atoms with E-state index in [0.717, 1.165) is 12.8 Å². The van der Waals surface area contributed by atoms with Gasteiger partial charge in [0, 0.05) is 17.8 Å². The van der Waals surface area contributed by atoms with E-state index >= 15 is 0 Å². The van der Waals surface area contributed by atoms with Crippen LogP contribution in [-0.2, 0) is 29.4 Å². The molecular formula is C13H20N4O2S2. The molecule has 2 rings (SSSR count). The van der Waals surface area contributed by atoms with E-state index in [9.17, 15) is 8.42 Å². The number of nitrogens with two attached hydrogens (primary N) is 1. The molecule has 116 valence electrons. The van der Waals surface area contributed by atoms with Crippen molar-refractivity contribution in [1.82, 2.24) is 14.8 Å². The monoisotopic (exact) mass is 328 g/mol. The molecule has 0 aromatic carbocycles. The standard InChI is InChI=1S/C13H20N4O2S2/c1-10(2)9-17-12(15-16-13(17)21(14,18)19)7-3-5-11-6-4-8-20-11/h4,6,8,10H,3,5,7,9H2,1-2H3,(H2,14,18,19). The quantitative estimate of drug-likeness (QED) is 0.839. The Balaban J connectivity index is 2.13. The number of hydrogen-bond donors (Lipinski definition) is 1. The number of hydrogen-bond acceptors (Lipinski definition) is 5. The highest BCUT2D eigenvalue weighted by molar-refractivity contribution is 7.89. The zero-order valence-electron chi connectivity index (χ0n) is 12.2. The molecule has 2 heterocycles. The predicted octanol–water partition coefficient (Wildman–Crippen LogP) is 1.82. The van der Waals surface area contributed by atoms with Gasteiger partial charge < -0.3 is 4.57 Å². The number of rotatable bonds is 7. The Bertz CT molecular complexity index is 675. The van der Waals surface area contributed by atoms with Crippen molar-refractivity contribution < 1.29 is 8.42 Å². The maximum Gasteiger partial charge on any atom is 0.273 e. The molecule has 0 saturated heterocycles. The third-order valence-corrected chi connectivity index (χ3v) is 4.75. The Morgan fingerprint density at radius 3 is 2.67 bits per heavy atom. The lowest BCUT2D eigenvalue weighted by Crippen LogP contribution is -2.21. The van der Waals surface area contributed by atoms with Crippen LogP contribution in [0.5, 0.6) is 0 Å². The van der Waals surface area contributed by atoms with Crippen LogP contribution in [0.15, 0.2) is 22.7 Å². The maximum atomic E-state index is 11.6. The van der Waals surface area contributed by atoms with Gasteiger partial charge in [0.1, 0.15) is 5.82 Å². The van der Waals surface area contributed by atoms with Gasteiger partial charge in [-0.2, -0.15) is 0 Å². The Hall–Kier alpha value is -1.25. The van der Waals surface area contributed by atoms with Crippen molar-refractivity contribution in [3.05, 3.63) is 28.2 Å². The second-order valence-electron chi connectivity index (χ2n) is 5.38. The van der Waals surface area contributed by atoms with E-state index in [1.165, 1.54) is 4.88 Å². The summed E-state index contributed by atoms with van der Waals surface area (Å²) in [5.74, 6) is 0.974. The smallest absolute Gasteiger partial charge is 0.273 e. The molecule has 0 bridgehead atoms. The van der Waals surface area contributed by atoms with Crippen molar-refractivity contribution in [2.45, 2.75) is 44.8 Å². The lowest BCUT2D eigenvalue weighted by molar-refractivity contribution is 0.467. The summed E-state index contributed by atoms with van der Waals surface area (Å²) in [6.45, 7) is 4.58. The van der Waals surface area contributed by atoms with Crippen LogP contribution in [0.25, 0.3) is 0 Å². The average molecular weight is 328 g/mol. The summed E-state index contributed by atoms with van der Waals surface area (Å²) in [4.78, 5) is 1.32. The number of aromatic nitrogens is 3. The fourth-order valence-corrected chi connectivity index (χ4v) is 3.53. The van der Waals surface area contributed by atoms with Gasteiger partial charge in [0.2, 0.25) is 0 Å². The lowest BCUT2D eigenvalue weighted by atomic mass is 10.2. The van der Waals surface area contributed by atoms with Gasteiger partial charge in [0.05, 0.1) is 0 Å². The van der Waals surface area contributed by atoms with Crippen LogP contribution in [0.2, 0.25) is 0 Å². The molecule has 0 radical (unpaired) electrons. The van der Waals surface area contributed by atoms with Crippen molar-refractivity contribution in [2.75, 3.05) is 0 Å². The highest BCUT2D eigenvalue weighted by Crippen LogP contribution is 2.15. The fraction of sp³-hybridized carbons (Fsp3) is 0.538. The first kappa shape index (κ1) is 16.1. The molecule has 21 heavy (non-hydrogen) atoms. The van der Waals surface area contributed by atoms with E-state index in [2.05, 4.69) is 21.6 Å². The van der Waals surface area contributed by atoms with Gasteiger partial charge in [-0.15, -0.1) is 21.5 Å². The molecular weight excluding hydrogens is 308 g/mol. The third-order valence-electron chi connectivity index (χ3n) is 3.00. The minimum Gasteiger partial charge on any atom is -0.300 e. The van der Waals surface area contributed by atoms with Crippen molar-refractivity contribution in [1.29, 1.82) is 0 Å². The highest BCUT2D eigenvalue weighted by Gasteiger charge is 2.21. The van der Waals surface area contributed by atoms with Crippen LogP contribution >= 0.6 is 11.3 Å². The molecule has 6 nitrogen and oxygen atoms in total. The number of primary sulfonamides is 1. The van der Waals surface area contributed by atoms with Crippen LogP contribution in [0.1, 0.15) is 31.0 Å². The van der Waals surface area contributed by atoms with Crippen LogP contribution in [0, 0.1) is 5.92 Å². The molecule has 8 heteroatoms. The second kappa shape index (κ2) is 6.67. The van der Waals surface area contributed by atoms with Crippen molar-refractivity contribution in [2.24, 2.45) is 11.1 Å². The van der Waals surface area contributed by atoms with Crippen molar-refractivity contribution in [3.63, 3.8) is 0 Å². The SMILES string of the molecule is CC(C)Cn1c(CCCc2cccs2)nnc1S(N)(=O)=O. The van der Waals surface area contributed by atoms with Gasteiger partial charge in [-0.05, 0) is 30.2 Å². The van der Waals surface area contributed by atoms with Gasteiger partial charge >= 0.3 is 0 Å². The summed E-state index contributed by atoms with van der Waals surface area (Å²) >= 11 is 1.72. The van der Waals surface area contributed by atoms with E-state index in [1.54, 1.807) is 15.9 Å². The van der Waals surface area contributed by atoms with Gasteiger partial charge in [0.15, 0.2) is 0 Å². The Morgan fingerprint density at radius 2 is 2.10 bits per heavy atom. The fourth-order valence-electron chi connectivity index (χ4n) is 2.14. The summed E-state index contributed by atoms with van der Waals surface area (Å²) in [5, 5.41) is 14.9. The minimum atomic E-state index is -3.84. The average Bonchev–Trinajstić information content (AvgIpc) is 2.98. The van der Waals surface area contributed by atoms with E-state index in [4.69, 9.17) is 5.14 Å². The largest absolute Gasteiger partial charge is 0.300 e. The topological polar surface area (TPSA) is 90.9 Å². The normalized spacial score (nSPS) is 12.2. The molecule has 0 spiro atoms. The molecule has 0 unspecified atom stereocenters. The molecule has 0 amide bonds. The van der Waals surface area contributed by atoms with E-state index < -0.39 is 10.0 Å². The first-order valence-electron chi connectivity index (χ1n) is 6.85. The Morgan fingerprint density at radius 1 is 1.33 bits per heavy atom. The summed E-state index contributed by atoms with van der Waals surface area (Å²) in [6, 6.07) is 4.12. The zero-order valence-corrected chi connectivity index (χ0v) is 13.8. The number of thiophene rings is 1. The Kier molecular flexibility index (Phi) is 5.13. The number of sulfonamides is 1. The molecule has 2 aromatic heterocycles. The van der Waals surface area contributed by atoms with Crippen LogP contribution in [0.4, 0.5) is 0 Å². The van der Waals surface area contributed by atoms with E-state index in [0.29, 0.717) is 18.8 Å². The molecule has 0 aliphatic heterocycles. The number of nitrogens with zero attached hydrogens (tertiary/aromatic N) is 3. The zero-order chi connectivity index (χ0) is 15.5. The molecule has 0 aliphatic carbocycles. The maximum absolute atomic E-state index is 11.6. The second-order valence-corrected chi connectivity index (χ2v) is 7.87. The van der Waals surface area contributed by atoms with Crippen LogP contribution in [0.3, 0.4) is 0 Å². The first-order chi connectivity index (χ1) is 9.88. The number of aryl methyl sites for hydroxylation is 2. The molecule has 0 aliphatic rings. The Labute approximate surface area is 129 Å². The summed E-state index contributed by atoms with van der Waals surface area (Å²) in [6.07, 6.45) is 2.55. The minimum absolute atomic E-state index is 0.137. The van der Waals surface area contributed by atoms with Gasteiger partial charge in [-0.25, -0.2) is 13.6 Å². The molecule has 2 aromatic rings. The summed E-state index contributed by atoms with van der Waals surface area (Å²) in [5.41, 5.74) is 0. The molecule has 0 fully saturated rings. The van der Waals surface area contributed by atoms with Crippen LogP contribution in [-0.4, -0.2) is 23.2 Å². The third kappa shape index (κ3) is 4.36. The van der Waals surface area contributed by atoms with Crippen LogP contribution < -0.4 is 5.14 Å². The highest BCUT2D eigenvalue weighted by atomic mass is 32.2. The molecule has 0 atom stereocenters. The van der Waals surface area contributed by atoms with Crippen molar-refractivity contribution >= 4 is 21.4 Å². The predicted molar refractivity (Wildman–Crippen MR) is 82.6 cm³/mol. The van der Waals surface area contributed by atoms with Gasteiger partial charge in [0.25, 0.3) is 15.2 Å². The van der Waals surface area contributed by atoms with Gasteiger partial charge in [-0.3, -0.25) is 0 Å². The van der Waals surface area contributed by atoms with Gasteiger partial charge in [-0.1, -0.05) is 19.9 Å². The van der Waals surface area contributed by atoms with Crippen molar-refractivity contribution in [3.8, 4) is 0 Å². The van der Waals surface area contributed by atoms with E-state index in [-0.39, 0.29) is 11.1 Å². The van der Waals surface area contributed by atoms with E-state index in [1.807, 2.05) is 19.9 Å². The summed E-state index contributed by atoms with van der Waals surface area (Å²) < 4.78 is 24.8. The lowest BCUT2D eigenvalue weighted by Gasteiger charge is -2.11. The molecule has 2 N–H and O–H groups in total. The molecule has 0 saturated carbocycles. The first-order valence-corrected chi connectivity index (χ1v) is 9.28. The summed E-state index contributed by atoms with van der Waals surface area (Å²) in [7, 11) is -3.84.